The number of methoxy groups -OCH3 is 1. The SMILES string of the molecule is COCc1nc(CNC(=O)c2cn[nH]c2-c2cccc(F)c2)no1. The van der Waals surface area contributed by atoms with Crippen LogP contribution in [0.4, 0.5) is 4.39 Å². The van der Waals surface area contributed by atoms with E-state index in [2.05, 4.69) is 25.7 Å². The highest BCUT2D eigenvalue weighted by Gasteiger charge is 2.16. The van der Waals surface area contributed by atoms with Crippen LogP contribution in [0, 0.1) is 5.82 Å². The van der Waals surface area contributed by atoms with Gasteiger partial charge >= 0.3 is 0 Å². The lowest BCUT2D eigenvalue weighted by Gasteiger charge is -2.04. The summed E-state index contributed by atoms with van der Waals surface area (Å²) in [5.74, 6) is -0.135. The predicted molar refractivity (Wildman–Crippen MR) is 80.2 cm³/mol. The van der Waals surface area contributed by atoms with Gasteiger partial charge in [-0.25, -0.2) is 4.39 Å². The van der Waals surface area contributed by atoms with Gasteiger partial charge in [-0.15, -0.1) is 0 Å². The summed E-state index contributed by atoms with van der Waals surface area (Å²) in [6.07, 6.45) is 1.38. The van der Waals surface area contributed by atoms with Crippen LogP contribution >= 0.6 is 0 Å². The van der Waals surface area contributed by atoms with Crippen LogP contribution in [0.15, 0.2) is 35.0 Å². The lowest BCUT2D eigenvalue weighted by Crippen LogP contribution is -2.23. The van der Waals surface area contributed by atoms with Gasteiger partial charge in [0.05, 0.1) is 24.0 Å². The number of hydrogen-bond acceptors (Lipinski definition) is 6. The number of nitrogens with zero attached hydrogens (tertiary/aromatic N) is 3. The normalized spacial score (nSPS) is 10.8. The van der Waals surface area contributed by atoms with E-state index in [1.165, 1.54) is 25.4 Å². The van der Waals surface area contributed by atoms with Crippen molar-refractivity contribution in [2.45, 2.75) is 13.2 Å². The Morgan fingerprint density at radius 2 is 2.33 bits per heavy atom. The summed E-state index contributed by atoms with van der Waals surface area (Å²) in [5, 5.41) is 13.0. The molecule has 0 spiro atoms. The first-order valence-corrected chi connectivity index (χ1v) is 7.05. The summed E-state index contributed by atoms with van der Waals surface area (Å²) in [6, 6.07) is 5.89. The molecule has 0 radical (unpaired) electrons. The van der Waals surface area contributed by atoms with Gasteiger partial charge < -0.3 is 14.6 Å². The van der Waals surface area contributed by atoms with E-state index in [1.807, 2.05) is 0 Å². The summed E-state index contributed by atoms with van der Waals surface area (Å²) in [4.78, 5) is 16.4. The molecule has 0 saturated heterocycles. The first-order chi connectivity index (χ1) is 11.7. The fourth-order valence-electron chi connectivity index (χ4n) is 2.12. The molecular formula is C15H14FN5O3. The second-order valence-electron chi connectivity index (χ2n) is 4.89. The maximum atomic E-state index is 13.4. The predicted octanol–water partition coefficient (Wildman–Crippen LogP) is 1.68. The van der Waals surface area contributed by atoms with E-state index in [9.17, 15) is 9.18 Å². The molecule has 1 aromatic carbocycles. The summed E-state index contributed by atoms with van der Waals surface area (Å²) in [6.45, 7) is 0.284. The van der Waals surface area contributed by atoms with Gasteiger partial charge in [-0.05, 0) is 12.1 Å². The second kappa shape index (κ2) is 7.01. The Morgan fingerprint density at radius 3 is 3.12 bits per heavy atom. The zero-order valence-corrected chi connectivity index (χ0v) is 12.7. The molecule has 24 heavy (non-hydrogen) atoms. The fraction of sp³-hybridized carbons (Fsp3) is 0.200. The zero-order chi connectivity index (χ0) is 16.9. The molecule has 8 nitrogen and oxygen atoms in total. The Kier molecular flexibility index (Phi) is 4.62. The maximum Gasteiger partial charge on any atom is 0.255 e. The van der Waals surface area contributed by atoms with Crippen molar-refractivity contribution in [1.29, 1.82) is 0 Å². The topological polar surface area (TPSA) is 106 Å². The lowest BCUT2D eigenvalue weighted by atomic mass is 10.1. The van der Waals surface area contributed by atoms with Crippen molar-refractivity contribution in [3.05, 3.63) is 53.6 Å². The molecule has 0 bridgehead atoms. The number of carbonyl (C=O) groups is 1. The van der Waals surface area contributed by atoms with E-state index < -0.39 is 5.82 Å². The third kappa shape index (κ3) is 3.46. The van der Waals surface area contributed by atoms with Gasteiger partial charge in [0.25, 0.3) is 11.8 Å². The maximum absolute atomic E-state index is 13.4. The quantitative estimate of drug-likeness (QED) is 0.712. The number of hydrogen-bond donors (Lipinski definition) is 2. The Bertz CT molecular complexity index is 845. The van der Waals surface area contributed by atoms with Crippen molar-refractivity contribution in [3.63, 3.8) is 0 Å². The number of benzene rings is 1. The van der Waals surface area contributed by atoms with Crippen molar-refractivity contribution < 1.29 is 18.4 Å². The number of ether oxygens (including phenoxy) is 1. The molecule has 0 saturated carbocycles. The van der Waals surface area contributed by atoms with Gasteiger partial charge in [-0.2, -0.15) is 10.1 Å². The van der Waals surface area contributed by atoms with E-state index in [0.29, 0.717) is 28.5 Å². The van der Waals surface area contributed by atoms with E-state index in [-0.39, 0.29) is 19.1 Å². The van der Waals surface area contributed by atoms with E-state index in [4.69, 9.17) is 9.26 Å². The largest absolute Gasteiger partial charge is 0.375 e. The standard InChI is InChI=1S/C15H14FN5O3/c1-23-8-13-19-12(21-24-13)7-17-15(22)11-6-18-20-14(11)9-3-2-4-10(16)5-9/h2-6H,7-8H2,1H3,(H,17,22)(H,18,20). The van der Waals surface area contributed by atoms with Gasteiger partial charge in [0.15, 0.2) is 5.82 Å². The molecule has 9 heteroatoms. The number of aromatic amines is 1. The number of halogens is 1. The average molecular weight is 331 g/mol. The van der Waals surface area contributed by atoms with Gasteiger partial charge in [-0.3, -0.25) is 9.89 Å². The molecule has 3 rings (SSSR count). The Hall–Kier alpha value is -3.07. The lowest BCUT2D eigenvalue weighted by molar-refractivity contribution is 0.0950. The summed E-state index contributed by atoms with van der Waals surface area (Å²) >= 11 is 0. The molecule has 0 aliphatic heterocycles. The number of nitrogens with one attached hydrogen (secondary N) is 2. The van der Waals surface area contributed by atoms with Crippen molar-refractivity contribution in [1.82, 2.24) is 25.7 Å². The van der Waals surface area contributed by atoms with Crippen LogP contribution in [-0.4, -0.2) is 33.4 Å². The van der Waals surface area contributed by atoms with Gasteiger partial charge in [0.1, 0.15) is 12.4 Å². The van der Waals surface area contributed by atoms with Crippen LogP contribution in [0.2, 0.25) is 0 Å². The van der Waals surface area contributed by atoms with Crippen LogP contribution in [0.3, 0.4) is 0 Å². The molecule has 2 aromatic heterocycles. The van der Waals surface area contributed by atoms with E-state index in [0.717, 1.165) is 0 Å². The molecule has 3 aromatic rings. The zero-order valence-electron chi connectivity index (χ0n) is 12.7. The number of rotatable bonds is 6. The van der Waals surface area contributed by atoms with Crippen molar-refractivity contribution in [3.8, 4) is 11.3 Å². The third-order valence-corrected chi connectivity index (χ3v) is 3.18. The van der Waals surface area contributed by atoms with Crippen LogP contribution in [-0.2, 0) is 17.9 Å². The highest BCUT2D eigenvalue weighted by atomic mass is 19.1. The van der Waals surface area contributed by atoms with Crippen LogP contribution in [0.1, 0.15) is 22.1 Å². The molecule has 2 N–H and O–H groups in total. The minimum atomic E-state index is -0.397. The van der Waals surface area contributed by atoms with Gasteiger partial charge in [0, 0.05) is 12.7 Å². The molecule has 124 valence electrons. The number of aromatic nitrogens is 4. The average Bonchev–Trinajstić information content (AvgIpc) is 3.22. The number of H-pyrrole nitrogens is 1. The highest BCUT2D eigenvalue weighted by molar-refractivity contribution is 5.99. The monoisotopic (exact) mass is 331 g/mol. The molecule has 1 amide bonds. The minimum absolute atomic E-state index is 0.0832. The smallest absolute Gasteiger partial charge is 0.255 e. The van der Waals surface area contributed by atoms with Crippen LogP contribution in [0.25, 0.3) is 11.3 Å². The first-order valence-electron chi connectivity index (χ1n) is 7.05. The fourth-order valence-corrected chi connectivity index (χ4v) is 2.12. The van der Waals surface area contributed by atoms with Crippen molar-refractivity contribution in [2.24, 2.45) is 0 Å². The number of amides is 1. The van der Waals surface area contributed by atoms with Gasteiger partial charge in [0.2, 0.25) is 0 Å². The second-order valence-corrected chi connectivity index (χ2v) is 4.89. The molecule has 0 aliphatic rings. The summed E-state index contributed by atoms with van der Waals surface area (Å²) < 4.78 is 23.2. The Labute approximate surface area is 136 Å². The number of carbonyl (C=O) groups excluding carboxylic acids is 1. The Balaban J connectivity index is 1.70. The van der Waals surface area contributed by atoms with E-state index in [1.54, 1.807) is 12.1 Å². The third-order valence-electron chi connectivity index (χ3n) is 3.18. The van der Waals surface area contributed by atoms with Gasteiger partial charge in [-0.1, -0.05) is 17.3 Å². The molecule has 0 unspecified atom stereocenters. The van der Waals surface area contributed by atoms with Crippen molar-refractivity contribution >= 4 is 5.91 Å². The van der Waals surface area contributed by atoms with E-state index >= 15 is 0 Å². The molecular weight excluding hydrogens is 317 g/mol. The van der Waals surface area contributed by atoms with Crippen LogP contribution in [0.5, 0.6) is 0 Å². The first kappa shape index (κ1) is 15.8. The Morgan fingerprint density at radius 1 is 1.46 bits per heavy atom. The summed E-state index contributed by atoms with van der Waals surface area (Å²) in [7, 11) is 1.51. The summed E-state index contributed by atoms with van der Waals surface area (Å²) in [5.41, 5.74) is 1.25. The minimum Gasteiger partial charge on any atom is -0.375 e. The van der Waals surface area contributed by atoms with Crippen molar-refractivity contribution in [2.75, 3.05) is 7.11 Å². The molecule has 0 atom stereocenters. The molecule has 0 aliphatic carbocycles. The molecule has 2 heterocycles. The highest BCUT2D eigenvalue weighted by Crippen LogP contribution is 2.21. The van der Waals surface area contributed by atoms with Crippen LogP contribution < -0.4 is 5.32 Å². The molecule has 0 fully saturated rings.